The Balaban J connectivity index is 1.39. The number of methoxy groups -OCH3 is 1. The molecule has 4 heterocycles. The molecule has 4 aromatic heterocycles. The van der Waals surface area contributed by atoms with Gasteiger partial charge in [-0.05, 0) is 97.1 Å². The number of hydrogen-bond acceptors (Lipinski definition) is 34. The predicted molar refractivity (Wildman–Crippen MR) is 270 cm³/mol. The van der Waals surface area contributed by atoms with Crippen LogP contribution in [0.1, 0.15) is 37.3 Å². The molecular weight excluding hydrogens is 1150 g/mol. The van der Waals surface area contributed by atoms with Crippen molar-refractivity contribution < 1.29 is 116 Å². The normalized spacial score (nSPS) is 11.8. The Bertz CT molecular complexity index is 3160. The molecule has 1 atom stereocenters. The quantitative estimate of drug-likeness (QED) is 0.00787. The lowest BCUT2D eigenvalue weighted by Crippen LogP contribution is -2.43. The number of anilines is 1. The molecule has 0 amide bonds. The van der Waals surface area contributed by atoms with Crippen LogP contribution in [0.2, 0.25) is 0 Å². The number of unbranched alkanes of at least 4 members (excludes halogenated alkanes) is 2. The summed E-state index contributed by atoms with van der Waals surface area (Å²) >= 11 is 0. The first-order valence-corrected chi connectivity index (χ1v) is 26.0. The number of aromatic nitrogens is 8. The highest BCUT2D eigenvalue weighted by molar-refractivity contribution is 7.92. The molecule has 0 radical (unpaired) electrons. The Labute approximate surface area is 475 Å². The first kappa shape index (κ1) is 64.5. The number of sulfonamides is 1. The molecule has 0 saturated heterocycles. The van der Waals surface area contributed by atoms with Crippen LogP contribution in [-0.2, 0) is 66.3 Å². The fourth-order valence-electron chi connectivity index (χ4n) is 6.80. The summed E-state index contributed by atoms with van der Waals surface area (Å²) in [6.07, 6.45) is -1.73. The summed E-state index contributed by atoms with van der Waals surface area (Å²) in [6.45, 7) is -0.374. The van der Waals surface area contributed by atoms with Crippen molar-refractivity contribution in [2.24, 2.45) is 0 Å². The second-order valence-corrected chi connectivity index (χ2v) is 18.2. The van der Waals surface area contributed by atoms with Crippen molar-refractivity contribution in [3.05, 3.63) is 96.3 Å². The Morgan fingerprint density at radius 3 is 2.17 bits per heavy atom. The third kappa shape index (κ3) is 20.3. The number of rotatable bonds is 34. The minimum absolute atomic E-state index is 0.00232. The van der Waals surface area contributed by atoms with Crippen LogP contribution in [0.15, 0.2) is 90.2 Å². The van der Waals surface area contributed by atoms with Gasteiger partial charge in [-0.3, -0.25) is 41.1 Å². The molecule has 2 aromatic carbocycles. The molecule has 1 unspecified atom stereocenters. The zero-order valence-corrected chi connectivity index (χ0v) is 45.5. The molecule has 0 aliphatic heterocycles. The Kier molecular flexibility index (Phi) is 25.2. The van der Waals surface area contributed by atoms with Crippen LogP contribution < -0.4 is 23.3 Å². The SMILES string of the molecule is COc1ccccc1Oc1c(OCCOC(=O)Oc2cccc(CON(O)O)c2)nc(-c2ccnc(-c3nnnn3COC(=O)OCCCCCON(O)O)c2)nc1N(C(C)OC(=O)OCCOCCON(O)O)S(=O)(=O)c1ccc(C)cn1. The lowest BCUT2D eigenvalue weighted by Gasteiger charge is -2.30. The number of tetrazole rings is 1. The number of benzene rings is 2. The second-order valence-electron chi connectivity index (χ2n) is 16.4. The van der Waals surface area contributed by atoms with E-state index in [1.54, 1.807) is 25.1 Å². The molecule has 36 nitrogen and oxygen atoms in total. The van der Waals surface area contributed by atoms with Crippen LogP contribution in [0.25, 0.3) is 22.9 Å². The van der Waals surface area contributed by atoms with Crippen molar-refractivity contribution >= 4 is 34.3 Å². The maximum atomic E-state index is 15.2. The number of hydrogen-bond donors (Lipinski definition) is 6. The highest BCUT2D eigenvalue weighted by Crippen LogP contribution is 2.45. The molecule has 6 rings (SSSR count). The van der Waals surface area contributed by atoms with Gasteiger partial charge in [-0.25, -0.2) is 38.3 Å². The molecular formula is C47H56N12O24S. The van der Waals surface area contributed by atoms with E-state index in [0.717, 1.165) is 11.6 Å². The molecule has 0 fully saturated rings. The van der Waals surface area contributed by atoms with E-state index in [1.165, 1.54) is 74.1 Å². The van der Waals surface area contributed by atoms with Crippen LogP contribution in [0.5, 0.6) is 28.9 Å². The van der Waals surface area contributed by atoms with Crippen LogP contribution in [-0.4, -0.2) is 181 Å². The molecule has 37 heteroatoms. The topological polar surface area (TPSA) is 435 Å². The van der Waals surface area contributed by atoms with E-state index in [1.807, 2.05) is 0 Å². The van der Waals surface area contributed by atoms with Crippen molar-refractivity contribution in [3.8, 4) is 51.8 Å². The van der Waals surface area contributed by atoms with Crippen LogP contribution in [0.4, 0.5) is 20.2 Å². The molecule has 0 bridgehead atoms. The minimum atomic E-state index is -5.05. The predicted octanol–water partition coefficient (Wildman–Crippen LogP) is 4.82. The number of ether oxygens (including phenoxy) is 10. The Morgan fingerprint density at radius 2 is 1.42 bits per heavy atom. The highest BCUT2D eigenvalue weighted by Gasteiger charge is 2.39. The summed E-state index contributed by atoms with van der Waals surface area (Å²) in [5.74, 6) is -2.13. The number of nitrogens with zero attached hydrogens (tertiary/aromatic N) is 12. The van der Waals surface area contributed by atoms with E-state index < -0.39 is 99.9 Å². The first-order chi connectivity index (χ1) is 40.4. The first-order valence-electron chi connectivity index (χ1n) is 24.5. The maximum Gasteiger partial charge on any atom is 0.513 e. The van der Waals surface area contributed by atoms with E-state index in [4.69, 9.17) is 83.6 Å². The second kappa shape index (κ2) is 32.8. The largest absolute Gasteiger partial charge is 0.513 e. The lowest BCUT2D eigenvalue weighted by atomic mass is 10.2. The zero-order valence-electron chi connectivity index (χ0n) is 44.7. The molecule has 6 aromatic rings. The van der Waals surface area contributed by atoms with E-state index in [2.05, 4.69) is 45.0 Å². The number of para-hydroxylation sites is 2. The smallest absolute Gasteiger partial charge is 0.493 e. The number of aryl methyl sites for hydroxylation is 1. The average Bonchev–Trinajstić information content (AvgIpc) is 1.67. The van der Waals surface area contributed by atoms with E-state index in [0.29, 0.717) is 34.7 Å². The highest BCUT2D eigenvalue weighted by atomic mass is 32.2. The van der Waals surface area contributed by atoms with Gasteiger partial charge < -0.3 is 47.4 Å². The average molecular weight is 1210 g/mol. The van der Waals surface area contributed by atoms with Crippen LogP contribution in [0.3, 0.4) is 0 Å². The third-order valence-corrected chi connectivity index (χ3v) is 12.2. The number of carbonyl (C=O) groups is 3. The summed E-state index contributed by atoms with van der Waals surface area (Å²) in [4.78, 5) is 70.2. The van der Waals surface area contributed by atoms with Gasteiger partial charge in [0.2, 0.25) is 11.6 Å². The van der Waals surface area contributed by atoms with Crippen molar-refractivity contribution in [2.45, 2.75) is 57.7 Å². The van der Waals surface area contributed by atoms with Gasteiger partial charge >= 0.3 is 18.5 Å². The molecule has 0 spiro atoms. The standard InChI is InChI=1S/C47H56N12O24S/c1-31-14-15-39(49-28-31)84(69,70)56(32(2)81-46(61)75-22-20-72-21-25-79-58(65)66)43-40(83-38-13-6-5-12-37(38)71-3)44(73-23-24-76-47(62)82-35-11-9-10-33(26-35)29-80-59(67)68)51-41(50-43)34-16-17-48-36(27-34)42-52-53-54-55(42)30-77-45(60)74-18-7-4-8-19-78-57(63)64/h5-6,9-17,26-28,32,63-68H,4,7-8,18-25,29-30H2,1-3H3. The molecule has 84 heavy (non-hydrogen) atoms. The minimum Gasteiger partial charge on any atom is -0.493 e. The van der Waals surface area contributed by atoms with Crippen LogP contribution in [0, 0.1) is 6.92 Å². The van der Waals surface area contributed by atoms with Crippen molar-refractivity contribution in [3.63, 3.8) is 0 Å². The summed E-state index contributed by atoms with van der Waals surface area (Å²) in [5, 5.41) is 62.2. The zero-order chi connectivity index (χ0) is 60.4. The number of carbonyl (C=O) groups excluding carboxylic acids is 3. The van der Waals surface area contributed by atoms with Gasteiger partial charge in [0.1, 0.15) is 31.3 Å². The van der Waals surface area contributed by atoms with Gasteiger partial charge in [-0.1, -0.05) is 30.3 Å². The van der Waals surface area contributed by atoms with Crippen molar-refractivity contribution in [1.82, 2.24) is 56.3 Å². The van der Waals surface area contributed by atoms with Crippen molar-refractivity contribution in [2.75, 3.05) is 64.3 Å². The van der Waals surface area contributed by atoms with E-state index >= 15 is 8.42 Å². The molecule has 454 valence electrons. The summed E-state index contributed by atoms with van der Waals surface area (Å²) in [6, 6.07) is 17.4. The van der Waals surface area contributed by atoms with Gasteiger partial charge in [0, 0.05) is 18.0 Å². The fraction of sp³-hybridized carbons (Fsp3) is 0.362. The summed E-state index contributed by atoms with van der Waals surface area (Å²) < 4.78 is 87.1. The summed E-state index contributed by atoms with van der Waals surface area (Å²) in [5.41, 5.74) is 1.02. The van der Waals surface area contributed by atoms with Crippen LogP contribution >= 0.6 is 0 Å². The molecule has 6 N–H and O–H groups in total. The van der Waals surface area contributed by atoms with E-state index in [-0.39, 0.29) is 79.8 Å². The van der Waals surface area contributed by atoms with Gasteiger partial charge in [0.15, 0.2) is 41.1 Å². The molecule has 0 aliphatic rings. The number of pyridine rings is 2. The van der Waals surface area contributed by atoms with Crippen molar-refractivity contribution in [1.29, 1.82) is 0 Å². The Hall–Kier alpha value is -8.67. The lowest BCUT2D eigenvalue weighted by molar-refractivity contribution is -0.497. The van der Waals surface area contributed by atoms with Gasteiger partial charge in [0.05, 0.1) is 62.9 Å². The molecule has 0 aliphatic carbocycles. The van der Waals surface area contributed by atoms with E-state index in [9.17, 15) is 14.4 Å². The fourth-order valence-corrected chi connectivity index (χ4v) is 8.21. The third-order valence-electron chi connectivity index (χ3n) is 10.5. The summed E-state index contributed by atoms with van der Waals surface area (Å²) in [7, 11) is -3.71. The van der Waals surface area contributed by atoms with Gasteiger partial charge in [-0.2, -0.15) is 18.1 Å². The monoisotopic (exact) mass is 1200 g/mol. The van der Waals surface area contributed by atoms with Gasteiger partial charge in [0.25, 0.3) is 15.9 Å². The maximum absolute atomic E-state index is 15.2. The molecule has 0 saturated carbocycles. The van der Waals surface area contributed by atoms with Gasteiger partial charge in [-0.15, -0.1) is 5.10 Å². The Morgan fingerprint density at radius 1 is 0.702 bits per heavy atom.